The van der Waals surface area contributed by atoms with Gasteiger partial charge in [-0.2, -0.15) is 0 Å². The maximum absolute atomic E-state index is 15.1. The summed E-state index contributed by atoms with van der Waals surface area (Å²) in [4.78, 5) is 19.3. The highest BCUT2D eigenvalue weighted by Gasteiger charge is 2.15. The summed E-state index contributed by atoms with van der Waals surface area (Å²) in [5.74, 6) is -0.433. The quantitative estimate of drug-likeness (QED) is 0.548. The maximum Gasteiger partial charge on any atom is 0.256 e. The van der Waals surface area contributed by atoms with Crippen molar-refractivity contribution < 1.29 is 4.39 Å². The number of aromatic nitrogens is 2. The Morgan fingerprint density at radius 1 is 1.08 bits per heavy atom. The van der Waals surface area contributed by atoms with Crippen LogP contribution in [0.3, 0.4) is 0 Å². The van der Waals surface area contributed by atoms with Crippen LogP contribution in [0.4, 0.5) is 4.39 Å². The zero-order chi connectivity index (χ0) is 17.6. The SMILES string of the molecule is Cc1ccc(-c2cccc(-c3cc4scc(C)c4cn3)c2F)c(=O)[nH]1. The second-order valence-corrected chi connectivity index (χ2v) is 6.95. The zero-order valence-corrected chi connectivity index (χ0v) is 14.6. The normalized spacial score (nSPS) is 11.2. The molecule has 0 aliphatic heterocycles. The van der Waals surface area contributed by atoms with Gasteiger partial charge in [0.25, 0.3) is 5.56 Å². The van der Waals surface area contributed by atoms with Gasteiger partial charge >= 0.3 is 0 Å². The molecule has 124 valence electrons. The van der Waals surface area contributed by atoms with Crippen LogP contribution < -0.4 is 5.56 Å². The van der Waals surface area contributed by atoms with Crippen molar-refractivity contribution in [2.45, 2.75) is 13.8 Å². The van der Waals surface area contributed by atoms with E-state index in [4.69, 9.17) is 0 Å². The molecule has 0 unspecified atom stereocenters. The van der Waals surface area contributed by atoms with Crippen molar-refractivity contribution >= 4 is 21.4 Å². The summed E-state index contributed by atoms with van der Waals surface area (Å²) in [6.07, 6.45) is 1.78. The Bertz CT molecular complexity index is 1160. The Kier molecular flexibility index (Phi) is 3.73. The van der Waals surface area contributed by atoms with Crippen LogP contribution in [0.1, 0.15) is 11.3 Å². The molecule has 1 aromatic carbocycles. The number of hydrogen-bond donors (Lipinski definition) is 1. The smallest absolute Gasteiger partial charge is 0.256 e. The number of halogens is 1. The van der Waals surface area contributed by atoms with Crippen LogP contribution in [-0.4, -0.2) is 9.97 Å². The van der Waals surface area contributed by atoms with Gasteiger partial charge in [-0.1, -0.05) is 12.1 Å². The van der Waals surface area contributed by atoms with E-state index in [9.17, 15) is 4.79 Å². The largest absolute Gasteiger partial charge is 0.326 e. The molecule has 0 amide bonds. The predicted molar refractivity (Wildman–Crippen MR) is 101 cm³/mol. The average molecular weight is 350 g/mol. The first-order chi connectivity index (χ1) is 12.0. The summed E-state index contributed by atoms with van der Waals surface area (Å²) in [5, 5.41) is 3.15. The third-order valence-electron chi connectivity index (χ3n) is 4.27. The number of fused-ring (bicyclic) bond motifs is 1. The lowest BCUT2D eigenvalue weighted by Crippen LogP contribution is -2.10. The van der Waals surface area contributed by atoms with Gasteiger partial charge in [0.05, 0.1) is 5.69 Å². The molecule has 0 atom stereocenters. The molecule has 4 rings (SSSR count). The summed E-state index contributed by atoms with van der Waals surface area (Å²) < 4.78 is 16.2. The molecule has 3 aromatic heterocycles. The first-order valence-corrected chi connectivity index (χ1v) is 8.75. The summed E-state index contributed by atoms with van der Waals surface area (Å²) in [5.41, 5.74) is 3.17. The highest BCUT2D eigenvalue weighted by Crippen LogP contribution is 2.32. The van der Waals surface area contributed by atoms with Gasteiger partial charge < -0.3 is 4.98 Å². The van der Waals surface area contributed by atoms with E-state index in [2.05, 4.69) is 15.3 Å². The number of nitrogens with one attached hydrogen (secondary N) is 1. The lowest BCUT2D eigenvalue weighted by atomic mass is 10.0. The molecule has 0 spiro atoms. The van der Waals surface area contributed by atoms with Gasteiger partial charge in [0.15, 0.2) is 0 Å². The monoisotopic (exact) mass is 350 g/mol. The van der Waals surface area contributed by atoms with E-state index in [-0.39, 0.29) is 11.1 Å². The standard InChI is InChI=1S/C20H15FN2OS/c1-11-10-25-18-8-17(22-9-16(11)18)15-5-3-4-13(19(15)21)14-7-6-12(2)23-20(14)24/h3-10H,1-2H3,(H,23,24). The van der Waals surface area contributed by atoms with E-state index in [1.165, 1.54) is 5.56 Å². The van der Waals surface area contributed by atoms with E-state index in [0.717, 1.165) is 15.8 Å². The third-order valence-corrected chi connectivity index (χ3v) is 5.34. The highest BCUT2D eigenvalue weighted by atomic mass is 32.1. The fourth-order valence-corrected chi connectivity index (χ4v) is 3.87. The molecule has 0 saturated carbocycles. The highest BCUT2D eigenvalue weighted by molar-refractivity contribution is 7.17. The van der Waals surface area contributed by atoms with Gasteiger partial charge in [0, 0.05) is 38.7 Å². The van der Waals surface area contributed by atoms with Crippen molar-refractivity contribution in [2.24, 2.45) is 0 Å². The van der Waals surface area contributed by atoms with Crippen molar-refractivity contribution in [3.05, 3.63) is 75.4 Å². The van der Waals surface area contributed by atoms with Gasteiger partial charge in [0.1, 0.15) is 5.82 Å². The molecular weight excluding hydrogens is 335 g/mol. The molecule has 4 aromatic rings. The van der Waals surface area contributed by atoms with Crippen molar-refractivity contribution in [1.82, 2.24) is 9.97 Å². The third kappa shape index (κ3) is 2.66. The van der Waals surface area contributed by atoms with Crippen LogP contribution in [0.25, 0.3) is 32.5 Å². The number of H-pyrrole nitrogens is 1. The average Bonchev–Trinajstić information content (AvgIpc) is 2.96. The Labute approximate surface area is 147 Å². The molecule has 1 N–H and O–H groups in total. The van der Waals surface area contributed by atoms with Gasteiger partial charge in [0.2, 0.25) is 0 Å². The second kappa shape index (κ2) is 5.93. The number of nitrogens with zero attached hydrogens (tertiary/aromatic N) is 1. The predicted octanol–water partition coefficient (Wildman–Crippen LogP) is 5.07. The van der Waals surface area contributed by atoms with Gasteiger partial charge in [-0.05, 0) is 49.1 Å². The lowest BCUT2D eigenvalue weighted by molar-refractivity contribution is 0.634. The van der Waals surface area contributed by atoms with Gasteiger partial charge in [-0.15, -0.1) is 11.3 Å². The molecule has 3 heterocycles. The lowest BCUT2D eigenvalue weighted by Gasteiger charge is -2.08. The molecule has 5 heteroatoms. The molecule has 0 aliphatic carbocycles. The van der Waals surface area contributed by atoms with E-state index >= 15 is 4.39 Å². The van der Waals surface area contributed by atoms with Crippen LogP contribution in [0.5, 0.6) is 0 Å². The van der Waals surface area contributed by atoms with Crippen molar-refractivity contribution in [3.63, 3.8) is 0 Å². The van der Waals surface area contributed by atoms with E-state index in [1.54, 1.807) is 54.8 Å². The summed E-state index contributed by atoms with van der Waals surface area (Å²) >= 11 is 1.62. The first kappa shape index (κ1) is 15.7. The van der Waals surface area contributed by atoms with Crippen LogP contribution >= 0.6 is 11.3 Å². The topological polar surface area (TPSA) is 45.8 Å². The molecule has 0 aliphatic rings. The number of aromatic amines is 1. The molecule has 0 radical (unpaired) electrons. The number of hydrogen-bond acceptors (Lipinski definition) is 3. The maximum atomic E-state index is 15.1. The zero-order valence-electron chi connectivity index (χ0n) is 13.8. The van der Waals surface area contributed by atoms with Crippen molar-refractivity contribution in [2.75, 3.05) is 0 Å². The summed E-state index contributed by atoms with van der Waals surface area (Å²) in [7, 11) is 0. The van der Waals surface area contributed by atoms with Crippen LogP contribution in [0.15, 0.2) is 52.8 Å². The Hall–Kier alpha value is -2.79. The Balaban J connectivity index is 1.89. The minimum atomic E-state index is -0.433. The number of thiophene rings is 1. The van der Waals surface area contributed by atoms with Crippen LogP contribution in [0.2, 0.25) is 0 Å². The molecule has 0 bridgehead atoms. The van der Waals surface area contributed by atoms with Gasteiger partial charge in [-0.25, -0.2) is 4.39 Å². The fraction of sp³-hybridized carbons (Fsp3) is 0.100. The minimum absolute atomic E-state index is 0.281. The van der Waals surface area contributed by atoms with Gasteiger partial charge in [-0.3, -0.25) is 9.78 Å². The molecule has 3 nitrogen and oxygen atoms in total. The molecule has 25 heavy (non-hydrogen) atoms. The number of pyridine rings is 2. The molecular formula is C20H15FN2OS. The summed E-state index contributed by atoms with van der Waals surface area (Å²) in [6.45, 7) is 3.82. The van der Waals surface area contributed by atoms with Crippen molar-refractivity contribution in [3.8, 4) is 22.4 Å². The summed E-state index contributed by atoms with van der Waals surface area (Å²) in [6, 6.07) is 10.4. The molecule has 0 saturated heterocycles. The Morgan fingerprint density at radius 3 is 2.68 bits per heavy atom. The van der Waals surface area contributed by atoms with Crippen molar-refractivity contribution in [1.29, 1.82) is 0 Å². The molecule has 0 fully saturated rings. The van der Waals surface area contributed by atoms with E-state index < -0.39 is 5.82 Å². The first-order valence-electron chi connectivity index (χ1n) is 7.87. The fourth-order valence-electron chi connectivity index (χ4n) is 2.92. The van der Waals surface area contributed by atoms with Crippen LogP contribution in [0, 0.1) is 19.7 Å². The number of rotatable bonds is 2. The van der Waals surface area contributed by atoms with E-state index in [0.29, 0.717) is 16.8 Å². The van der Waals surface area contributed by atoms with E-state index in [1.807, 2.05) is 13.0 Å². The number of benzene rings is 1. The second-order valence-electron chi connectivity index (χ2n) is 6.04. The minimum Gasteiger partial charge on any atom is -0.326 e. The van der Waals surface area contributed by atoms with Crippen LogP contribution in [-0.2, 0) is 0 Å². The number of aryl methyl sites for hydroxylation is 2. The Morgan fingerprint density at radius 2 is 1.88 bits per heavy atom.